The van der Waals surface area contributed by atoms with Gasteiger partial charge < -0.3 is 10.5 Å². The van der Waals surface area contributed by atoms with Crippen LogP contribution in [0.4, 0.5) is 18.9 Å². The molecule has 120 valence electrons. The Kier molecular flexibility index (Phi) is 4.10. The summed E-state index contributed by atoms with van der Waals surface area (Å²) in [6.45, 7) is 0.0648. The van der Waals surface area contributed by atoms with Crippen LogP contribution >= 0.6 is 0 Å². The Morgan fingerprint density at radius 2 is 2.18 bits per heavy atom. The average Bonchev–Trinajstić information content (AvgIpc) is 2.55. The quantitative estimate of drug-likeness (QED) is 0.684. The van der Waals surface area contributed by atoms with Gasteiger partial charge in [-0.05, 0) is 12.5 Å². The molecule has 1 aromatic rings. The number of hydrogen-bond donors (Lipinski definition) is 1. The highest BCUT2D eigenvalue weighted by Crippen LogP contribution is 2.46. The summed E-state index contributed by atoms with van der Waals surface area (Å²) in [5.41, 5.74) is 2.12. The van der Waals surface area contributed by atoms with Crippen molar-refractivity contribution < 1.29 is 22.8 Å². The van der Waals surface area contributed by atoms with Crippen LogP contribution in [0.15, 0.2) is 23.2 Å². The Bertz CT molecular complexity index is 636. The summed E-state index contributed by atoms with van der Waals surface area (Å²) in [4.78, 5) is 13.8. The van der Waals surface area contributed by atoms with E-state index in [0.29, 0.717) is 0 Å². The predicted molar refractivity (Wildman–Crippen MR) is 72.4 cm³/mol. The molecule has 0 amide bonds. The number of halogens is 3. The summed E-state index contributed by atoms with van der Waals surface area (Å²) < 4.78 is 48.0. The summed E-state index contributed by atoms with van der Waals surface area (Å²) >= 11 is 0. The lowest BCUT2D eigenvalue weighted by molar-refractivity contribution is -0.385. The van der Waals surface area contributed by atoms with Crippen LogP contribution in [0.2, 0.25) is 0 Å². The zero-order valence-corrected chi connectivity index (χ0v) is 11.7. The average molecular weight is 317 g/mol. The van der Waals surface area contributed by atoms with Crippen molar-refractivity contribution in [2.24, 2.45) is 10.7 Å². The highest BCUT2D eigenvalue weighted by atomic mass is 19.3. The van der Waals surface area contributed by atoms with E-state index in [-0.39, 0.29) is 18.9 Å². The standard InChI is InChI=1S/C13H14F3N3O3/c1-2-12(13(15,16)7-22-6-11(17)18-12)9-5-8(19(20)21)3-4-10(9)14/h3-5H,2,6-7H2,1H3,(H2,17,18)/t12-/m1/s1. The highest BCUT2D eigenvalue weighted by molar-refractivity contribution is 5.82. The van der Waals surface area contributed by atoms with Crippen molar-refractivity contribution in [3.8, 4) is 0 Å². The second kappa shape index (κ2) is 5.56. The molecule has 1 heterocycles. The fourth-order valence-electron chi connectivity index (χ4n) is 2.49. The van der Waals surface area contributed by atoms with E-state index in [2.05, 4.69) is 4.99 Å². The molecular weight excluding hydrogens is 303 g/mol. The number of ether oxygens (including phenoxy) is 1. The number of amidine groups is 1. The van der Waals surface area contributed by atoms with Gasteiger partial charge in [-0.3, -0.25) is 15.1 Å². The second-order valence-electron chi connectivity index (χ2n) is 4.94. The monoisotopic (exact) mass is 317 g/mol. The van der Waals surface area contributed by atoms with Gasteiger partial charge in [-0.1, -0.05) is 6.92 Å². The molecule has 0 bridgehead atoms. The number of nitro groups is 1. The first-order valence-corrected chi connectivity index (χ1v) is 6.47. The van der Waals surface area contributed by atoms with Crippen molar-refractivity contribution in [3.63, 3.8) is 0 Å². The van der Waals surface area contributed by atoms with E-state index in [9.17, 15) is 23.3 Å². The zero-order valence-electron chi connectivity index (χ0n) is 11.7. The lowest BCUT2D eigenvalue weighted by Gasteiger charge is -2.35. The number of aliphatic imine (C=N–C) groups is 1. The Labute approximate surface area is 123 Å². The fraction of sp³-hybridized carbons (Fsp3) is 0.462. The molecule has 0 aromatic heterocycles. The fourth-order valence-corrected chi connectivity index (χ4v) is 2.49. The first-order chi connectivity index (χ1) is 10.2. The molecule has 0 saturated heterocycles. The molecule has 0 spiro atoms. The number of nitrogens with two attached hydrogens (primary N) is 1. The third-order valence-electron chi connectivity index (χ3n) is 3.59. The Morgan fingerprint density at radius 3 is 2.77 bits per heavy atom. The molecule has 1 aliphatic rings. The van der Waals surface area contributed by atoms with Crippen LogP contribution in [0.1, 0.15) is 18.9 Å². The number of hydrogen-bond acceptors (Lipinski definition) is 5. The number of benzene rings is 1. The van der Waals surface area contributed by atoms with E-state index in [1.54, 1.807) is 0 Å². The van der Waals surface area contributed by atoms with Gasteiger partial charge in [0.25, 0.3) is 11.6 Å². The van der Waals surface area contributed by atoms with Gasteiger partial charge in [0, 0.05) is 17.7 Å². The minimum absolute atomic E-state index is 0.218. The first kappa shape index (κ1) is 16.2. The van der Waals surface area contributed by atoms with Gasteiger partial charge in [0.05, 0.1) is 4.92 Å². The normalized spacial score (nSPS) is 24.5. The third-order valence-corrected chi connectivity index (χ3v) is 3.59. The summed E-state index contributed by atoms with van der Waals surface area (Å²) in [5.74, 6) is -4.80. The Morgan fingerprint density at radius 1 is 1.50 bits per heavy atom. The zero-order chi connectivity index (χ0) is 16.5. The molecule has 0 radical (unpaired) electrons. The summed E-state index contributed by atoms with van der Waals surface area (Å²) in [6, 6.07) is 2.45. The molecule has 0 saturated carbocycles. The van der Waals surface area contributed by atoms with Gasteiger partial charge in [-0.15, -0.1) is 0 Å². The molecule has 1 aromatic carbocycles. The number of nitro benzene ring substituents is 1. The number of non-ortho nitro benzene ring substituents is 1. The number of rotatable bonds is 3. The molecule has 2 rings (SSSR count). The molecule has 0 fully saturated rings. The van der Waals surface area contributed by atoms with Gasteiger partial charge in [0.15, 0.2) is 5.54 Å². The summed E-state index contributed by atoms with van der Waals surface area (Å²) in [5, 5.41) is 10.8. The predicted octanol–water partition coefficient (Wildman–Crippen LogP) is 2.36. The minimum Gasteiger partial charge on any atom is -0.385 e. The van der Waals surface area contributed by atoms with Crippen molar-refractivity contribution in [2.75, 3.05) is 13.2 Å². The third kappa shape index (κ3) is 2.52. The van der Waals surface area contributed by atoms with Crippen LogP contribution in [0.5, 0.6) is 0 Å². The molecule has 0 aliphatic carbocycles. The van der Waals surface area contributed by atoms with E-state index < -0.39 is 40.1 Å². The maximum absolute atomic E-state index is 14.5. The minimum atomic E-state index is -3.57. The summed E-state index contributed by atoms with van der Waals surface area (Å²) in [7, 11) is 0. The van der Waals surface area contributed by atoms with E-state index in [0.717, 1.165) is 18.2 Å². The maximum Gasteiger partial charge on any atom is 0.299 e. The molecule has 9 heteroatoms. The Hall–Kier alpha value is -2.16. The smallest absolute Gasteiger partial charge is 0.299 e. The van der Waals surface area contributed by atoms with E-state index in [4.69, 9.17) is 10.5 Å². The van der Waals surface area contributed by atoms with Crippen molar-refractivity contribution in [1.29, 1.82) is 0 Å². The van der Waals surface area contributed by atoms with Crippen molar-refractivity contribution in [1.82, 2.24) is 0 Å². The lowest BCUT2D eigenvalue weighted by Crippen LogP contribution is -2.47. The van der Waals surface area contributed by atoms with Gasteiger partial charge in [0.1, 0.15) is 24.9 Å². The van der Waals surface area contributed by atoms with Crippen LogP contribution in [0, 0.1) is 15.9 Å². The number of alkyl halides is 2. The maximum atomic E-state index is 14.5. The van der Waals surface area contributed by atoms with Crippen molar-refractivity contribution in [2.45, 2.75) is 24.8 Å². The van der Waals surface area contributed by atoms with Gasteiger partial charge in [-0.2, -0.15) is 0 Å². The molecule has 0 unspecified atom stereocenters. The van der Waals surface area contributed by atoms with Crippen LogP contribution in [0.3, 0.4) is 0 Å². The van der Waals surface area contributed by atoms with Gasteiger partial charge in [0.2, 0.25) is 0 Å². The van der Waals surface area contributed by atoms with Crippen LogP contribution in [-0.2, 0) is 10.3 Å². The van der Waals surface area contributed by atoms with Crippen LogP contribution < -0.4 is 5.73 Å². The lowest BCUT2D eigenvalue weighted by atomic mass is 9.81. The van der Waals surface area contributed by atoms with E-state index >= 15 is 0 Å². The molecular formula is C13H14F3N3O3. The Balaban J connectivity index is 2.74. The second-order valence-corrected chi connectivity index (χ2v) is 4.94. The SMILES string of the molecule is CC[C@]1(c2cc([N+](=O)[O-])ccc2F)N=C(N)COCC1(F)F. The van der Waals surface area contributed by atoms with Crippen molar-refractivity contribution >= 4 is 11.5 Å². The molecule has 1 aliphatic heterocycles. The van der Waals surface area contributed by atoms with Crippen LogP contribution in [0.25, 0.3) is 0 Å². The summed E-state index contributed by atoms with van der Waals surface area (Å²) in [6.07, 6.45) is -0.303. The molecule has 1 atom stereocenters. The van der Waals surface area contributed by atoms with Gasteiger partial charge in [-0.25, -0.2) is 13.2 Å². The van der Waals surface area contributed by atoms with Crippen molar-refractivity contribution in [3.05, 3.63) is 39.7 Å². The topological polar surface area (TPSA) is 90.8 Å². The number of nitrogens with zero attached hydrogens (tertiary/aromatic N) is 2. The highest BCUT2D eigenvalue weighted by Gasteiger charge is 2.56. The van der Waals surface area contributed by atoms with E-state index in [1.165, 1.54) is 6.92 Å². The van der Waals surface area contributed by atoms with Crippen LogP contribution in [-0.4, -0.2) is 29.9 Å². The molecule has 6 nitrogen and oxygen atoms in total. The largest absolute Gasteiger partial charge is 0.385 e. The van der Waals surface area contributed by atoms with E-state index in [1.807, 2.05) is 0 Å². The van der Waals surface area contributed by atoms with Gasteiger partial charge >= 0.3 is 0 Å². The first-order valence-electron chi connectivity index (χ1n) is 6.47. The molecule has 2 N–H and O–H groups in total. The molecule has 22 heavy (non-hydrogen) atoms.